The molecule has 0 heterocycles. The molecular formula is C13H17F3N2O. The summed E-state index contributed by atoms with van der Waals surface area (Å²) in [5, 5.41) is 2.24. The number of alkyl halides is 3. The van der Waals surface area contributed by atoms with Crippen molar-refractivity contribution in [2.45, 2.75) is 38.4 Å². The lowest BCUT2D eigenvalue weighted by atomic mass is 10.1. The molecule has 3 N–H and O–H groups in total. The average molecular weight is 274 g/mol. The molecule has 19 heavy (non-hydrogen) atoms. The Morgan fingerprint density at radius 1 is 1.37 bits per heavy atom. The molecule has 1 rings (SSSR count). The van der Waals surface area contributed by atoms with E-state index in [1.807, 2.05) is 6.92 Å². The quantitative estimate of drug-likeness (QED) is 0.866. The smallest absolute Gasteiger partial charge is 0.324 e. The van der Waals surface area contributed by atoms with Crippen molar-refractivity contribution in [3.05, 3.63) is 29.8 Å². The van der Waals surface area contributed by atoms with Gasteiger partial charge in [-0.2, -0.15) is 13.2 Å². The van der Waals surface area contributed by atoms with Gasteiger partial charge < -0.3 is 11.1 Å². The molecule has 0 spiro atoms. The number of anilines is 1. The fourth-order valence-electron chi connectivity index (χ4n) is 1.62. The molecule has 0 saturated carbocycles. The van der Waals surface area contributed by atoms with E-state index in [0.29, 0.717) is 6.42 Å². The fourth-order valence-corrected chi connectivity index (χ4v) is 1.62. The molecule has 0 aliphatic heterocycles. The van der Waals surface area contributed by atoms with Crippen LogP contribution in [0, 0.1) is 0 Å². The Morgan fingerprint density at radius 3 is 2.58 bits per heavy atom. The molecule has 1 unspecified atom stereocenters. The van der Waals surface area contributed by atoms with Gasteiger partial charge in [-0.3, -0.25) is 4.79 Å². The molecule has 0 radical (unpaired) electrons. The summed E-state index contributed by atoms with van der Waals surface area (Å²) in [6.45, 7) is 1.95. The summed E-state index contributed by atoms with van der Waals surface area (Å²) in [4.78, 5) is 11.7. The predicted octanol–water partition coefficient (Wildman–Crippen LogP) is 3.16. The summed E-state index contributed by atoms with van der Waals surface area (Å²) in [5.74, 6) is -0.592. The van der Waals surface area contributed by atoms with Gasteiger partial charge >= 0.3 is 6.18 Å². The number of carbonyl (C=O) groups is 1. The van der Waals surface area contributed by atoms with Gasteiger partial charge in [-0.15, -0.1) is 0 Å². The van der Waals surface area contributed by atoms with Crippen LogP contribution in [0.25, 0.3) is 0 Å². The number of carbonyl (C=O) groups excluding carboxylic acids is 1. The Hall–Kier alpha value is -1.56. The van der Waals surface area contributed by atoms with E-state index in [9.17, 15) is 18.0 Å². The van der Waals surface area contributed by atoms with Gasteiger partial charge in [0.1, 0.15) is 0 Å². The molecular weight excluding hydrogens is 257 g/mol. The molecule has 0 aliphatic carbocycles. The Bertz CT molecular complexity index is 432. The molecule has 0 fully saturated rings. The average Bonchev–Trinajstić information content (AvgIpc) is 2.35. The van der Waals surface area contributed by atoms with Crippen molar-refractivity contribution in [1.29, 1.82) is 0 Å². The minimum absolute atomic E-state index is 0.257. The van der Waals surface area contributed by atoms with Crippen molar-refractivity contribution in [2.75, 3.05) is 5.32 Å². The minimum Gasteiger partial charge on any atom is -0.324 e. The van der Waals surface area contributed by atoms with Crippen LogP contribution in [0.15, 0.2) is 24.3 Å². The van der Waals surface area contributed by atoms with Gasteiger partial charge in [0, 0.05) is 0 Å². The fraction of sp³-hybridized carbons (Fsp3) is 0.462. The third-order valence-corrected chi connectivity index (χ3v) is 2.70. The first-order chi connectivity index (χ1) is 8.86. The van der Waals surface area contributed by atoms with Gasteiger partial charge in [-0.1, -0.05) is 31.9 Å². The molecule has 6 heteroatoms. The van der Waals surface area contributed by atoms with Gasteiger partial charge in [-0.05, 0) is 18.6 Å². The molecule has 106 valence electrons. The zero-order valence-electron chi connectivity index (χ0n) is 10.6. The normalized spacial score (nSPS) is 13.1. The lowest BCUT2D eigenvalue weighted by molar-refractivity contribution is -0.137. The van der Waals surface area contributed by atoms with Gasteiger partial charge in [0.25, 0.3) is 0 Å². The SMILES string of the molecule is CCCCC(N)C(=O)Nc1ccccc1C(F)(F)F. The van der Waals surface area contributed by atoms with Crippen LogP contribution in [0.1, 0.15) is 31.7 Å². The number of unbranched alkanes of at least 4 members (excludes halogenated alkanes) is 1. The topological polar surface area (TPSA) is 55.1 Å². The summed E-state index contributed by atoms with van der Waals surface area (Å²) in [7, 11) is 0. The van der Waals surface area contributed by atoms with Crippen molar-refractivity contribution in [3.8, 4) is 0 Å². The van der Waals surface area contributed by atoms with E-state index in [1.165, 1.54) is 18.2 Å². The molecule has 0 bridgehead atoms. The maximum atomic E-state index is 12.7. The highest BCUT2D eigenvalue weighted by Crippen LogP contribution is 2.34. The van der Waals surface area contributed by atoms with Crippen LogP contribution in [0.2, 0.25) is 0 Å². The molecule has 0 saturated heterocycles. The third-order valence-electron chi connectivity index (χ3n) is 2.70. The zero-order chi connectivity index (χ0) is 14.5. The largest absolute Gasteiger partial charge is 0.418 e. The maximum Gasteiger partial charge on any atom is 0.418 e. The van der Waals surface area contributed by atoms with Gasteiger partial charge in [-0.25, -0.2) is 0 Å². The van der Waals surface area contributed by atoms with Crippen LogP contribution in [-0.2, 0) is 11.0 Å². The predicted molar refractivity (Wildman–Crippen MR) is 67.6 cm³/mol. The maximum absolute atomic E-state index is 12.7. The number of para-hydroxylation sites is 1. The number of nitrogens with one attached hydrogen (secondary N) is 1. The van der Waals surface area contributed by atoms with Crippen LogP contribution in [0.4, 0.5) is 18.9 Å². The summed E-state index contributed by atoms with van der Waals surface area (Å²) in [5.41, 5.74) is 4.49. The number of nitrogens with two attached hydrogens (primary N) is 1. The summed E-state index contributed by atoms with van der Waals surface area (Å²) in [6.07, 6.45) is -2.41. The van der Waals surface area contributed by atoms with Gasteiger partial charge in [0.2, 0.25) is 5.91 Å². The monoisotopic (exact) mass is 274 g/mol. The van der Waals surface area contributed by atoms with Crippen LogP contribution >= 0.6 is 0 Å². The minimum atomic E-state index is -4.50. The first kappa shape index (κ1) is 15.5. The summed E-state index contributed by atoms with van der Waals surface area (Å²) in [6, 6.07) is 4.06. The number of rotatable bonds is 5. The second-order valence-electron chi connectivity index (χ2n) is 4.28. The van der Waals surface area contributed by atoms with Crippen molar-refractivity contribution < 1.29 is 18.0 Å². The highest BCUT2D eigenvalue weighted by Gasteiger charge is 2.33. The molecule has 3 nitrogen and oxygen atoms in total. The van der Waals surface area contributed by atoms with E-state index in [-0.39, 0.29) is 5.69 Å². The van der Waals surface area contributed by atoms with Crippen LogP contribution < -0.4 is 11.1 Å². The third kappa shape index (κ3) is 4.55. The van der Waals surface area contributed by atoms with E-state index in [0.717, 1.165) is 18.9 Å². The molecule has 1 amide bonds. The van der Waals surface area contributed by atoms with Gasteiger partial charge in [0.15, 0.2) is 0 Å². The molecule has 1 atom stereocenters. The molecule has 0 aromatic heterocycles. The second-order valence-corrected chi connectivity index (χ2v) is 4.28. The van der Waals surface area contributed by atoms with Gasteiger partial charge in [0.05, 0.1) is 17.3 Å². The lowest BCUT2D eigenvalue weighted by Gasteiger charge is -2.16. The lowest BCUT2D eigenvalue weighted by Crippen LogP contribution is -2.36. The highest BCUT2D eigenvalue weighted by atomic mass is 19.4. The standard InChI is InChI=1S/C13H17F3N2O/c1-2-3-7-10(17)12(19)18-11-8-5-4-6-9(11)13(14,15)16/h4-6,8,10H,2-3,7,17H2,1H3,(H,18,19). The Balaban J connectivity index is 2.80. The second kappa shape index (κ2) is 6.56. The molecule has 1 aromatic carbocycles. The highest BCUT2D eigenvalue weighted by molar-refractivity contribution is 5.95. The van der Waals surface area contributed by atoms with E-state index >= 15 is 0 Å². The van der Waals surface area contributed by atoms with E-state index in [4.69, 9.17) is 5.73 Å². The summed E-state index contributed by atoms with van der Waals surface area (Å²) >= 11 is 0. The Kier molecular flexibility index (Phi) is 5.35. The zero-order valence-corrected chi connectivity index (χ0v) is 10.6. The summed E-state index contributed by atoms with van der Waals surface area (Å²) < 4.78 is 38.2. The first-order valence-electron chi connectivity index (χ1n) is 6.09. The van der Waals surface area contributed by atoms with Crippen LogP contribution in [-0.4, -0.2) is 11.9 Å². The van der Waals surface area contributed by atoms with E-state index in [2.05, 4.69) is 5.32 Å². The number of halogens is 3. The Labute approximate surface area is 110 Å². The number of hydrogen-bond donors (Lipinski definition) is 2. The number of hydrogen-bond acceptors (Lipinski definition) is 2. The van der Waals surface area contributed by atoms with Crippen molar-refractivity contribution >= 4 is 11.6 Å². The van der Waals surface area contributed by atoms with Crippen molar-refractivity contribution in [2.24, 2.45) is 5.73 Å². The van der Waals surface area contributed by atoms with Crippen molar-refractivity contribution in [3.63, 3.8) is 0 Å². The van der Waals surface area contributed by atoms with Crippen LogP contribution in [0.5, 0.6) is 0 Å². The Morgan fingerprint density at radius 2 is 2.00 bits per heavy atom. The molecule has 1 aromatic rings. The molecule has 0 aliphatic rings. The van der Waals surface area contributed by atoms with Crippen molar-refractivity contribution in [1.82, 2.24) is 0 Å². The first-order valence-corrected chi connectivity index (χ1v) is 6.09. The van der Waals surface area contributed by atoms with E-state index in [1.54, 1.807) is 0 Å². The van der Waals surface area contributed by atoms with E-state index < -0.39 is 23.7 Å². The van der Waals surface area contributed by atoms with Crippen LogP contribution in [0.3, 0.4) is 0 Å². The number of benzene rings is 1. The number of amides is 1.